The standard InChI is InChI=1S/C13H20/c1-3-12(2)9-13(6-7-13)8-11(12)10-4-5-10/h3-9H2,1-2H3. The van der Waals surface area contributed by atoms with Crippen LogP contribution >= 0.6 is 0 Å². The number of allylic oxidation sites excluding steroid dienone is 2. The maximum Gasteiger partial charge on any atom is -0.0111 e. The molecule has 3 aliphatic carbocycles. The van der Waals surface area contributed by atoms with Crippen molar-refractivity contribution in [1.29, 1.82) is 0 Å². The van der Waals surface area contributed by atoms with E-state index >= 15 is 0 Å². The molecule has 3 rings (SSSR count). The summed E-state index contributed by atoms with van der Waals surface area (Å²) < 4.78 is 0. The molecule has 13 heavy (non-hydrogen) atoms. The van der Waals surface area contributed by atoms with E-state index in [9.17, 15) is 0 Å². The molecule has 0 aromatic rings. The summed E-state index contributed by atoms with van der Waals surface area (Å²) in [6, 6.07) is 0. The van der Waals surface area contributed by atoms with Crippen molar-refractivity contribution in [1.82, 2.24) is 0 Å². The minimum absolute atomic E-state index is 0.613. The fourth-order valence-corrected chi connectivity index (χ4v) is 3.37. The lowest BCUT2D eigenvalue weighted by Gasteiger charge is -2.24. The SMILES string of the molecule is CCC1(C)CC2(CC2)CC1=C1CC1. The van der Waals surface area contributed by atoms with Crippen molar-refractivity contribution in [2.24, 2.45) is 10.8 Å². The van der Waals surface area contributed by atoms with E-state index in [0.29, 0.717) is 5.41 Å². The van der Waals surface area contributed by atoms with Crippen LogP contribution in [0.1, 0.15) is 58.8 Å². The van der Waals surface area contributed by atoms with Gasteiger partial charge in [-0.05, 0) is 55.8 Å². The summed E-state index contributed by atoms with van der Waals surface area (Å²) in [4.78, 5) is 0. The summed E-state index contributed by atoms with van der Waals surface area (Å²) in [6.07, 6.45) is 10.3. The molecule has 0 amide bonds. The molecule has 0 heterocycles. The Morgan fingerprint density at radius 2 is 1.92 bits per heavy atom. The third-order valence-corrected chi connectivity index (χ3v) is 4.71. The molecule has 0 N–H and O–H groups in total. The van der Waals surface area contributed by atoms with Crippen LogP contribution in [-0.2, 0) is 0 Å². The Hall–Kier alpha value is -0.260. The largest absolute Gasteiger partial charge is 0.0698 e. The van der Waals surface area contributed by atoms with E-state index in [0.717, 1.165) is 5.41 Å². The first kappa shape index (κ1) is 8.08. The summed E-state index contributed by atoms with van der Waals surface area (Å²) in [5.41, 5.74) is 5.17. The minimum atomic E-state index is 0.613. The zero-order valence-corrected chi connectivity index (χ0v) is 8.95. The fraction of sp³-hybridized carbons (Fsp3) is 0.846. The molecule has 0 saturated heterocycles. The first-order chi connectivity index (χ1) is 6.18. The highest BCUT2D eigenvalue weighted by Gasteiger charge is 2.55. The summed E-state index contributed by atoms with van der Waals surface area (Å²) >= 11 is 0. The highest BCUT2D eigenvalue weighted by atomic mass is 14.6. The average molecular weight is 176 g/mol. The van der Waals surface area contributed by atoms with Gasteiger partial charge >= 0.3 is 0 Å². The second kappa shape index (κ2) is 2.21. The van der Waals surface area contributed by atoms with Crippen molar-refractivity contribution in [2.75, 3.05) is 0 Å². The molecule has 0 aromatic heterocycles. The van der Waals surface area contributed by atoms with Crippen LogP contribution in [0.4, 0.5) is 0 Å². The summed E-state index contributed by atoms with van der Waals surface area (Å²) in [7, 11) is 0. The van der Waals surface area contributed by atoms with Crippen molar-refractivity contribution in [2.45, 2.75) is 58.8 Å². The lowest BCUT2D eigenvalue weighted by molar-refractivity contribution is 0.345. The first-order valence-corrected chi connectivity index (χ1v) is 5.89. The minimum Gasteiger partial charge on any atom is -0.0698 e. The maximum absolute atomic E-state index is 2.51. The molecular formula is C13H20. The van der Waals surface area contributed by atoms with Crippen LogP contribution in [0.3, 0.4) is 0 Å². The van der Waals surface area contributed by atoms with Gasteiger partial charge in [-0.15, -0.1) is 0 Å². The molecule has 0 aromatic carbocycles. The fourth-order valence-electron chi connectivity index (χ4n) is 3.37. The second-order valence-corrected chi connectivity index (χ2v) is 5.85. The van der Waals surface area contributed by atoms with Gasteiger partial charge in [-0.3, -0.25) is 0 Å². The van der Waals surface area contributed by atoms with Crippen molar-refractivity contribution in [3.8, 4) is 0 Å². The van der Waals surface area contributed by atoms with E-state index in [1.54, 1.807) is 0 Å². The van der Waals surface area contributed by atoms with E-state index in [4.69, 9.17) is 0 Å². The Bertz CT molecular complexity index is 274. The smallest absolute Gasteiger partial charge is 0.0111 e. The van der Waals surface area contributed by atoms with Crippen LogP contribution in [0.15, 0.2) is 11.1 Å². The van der Waals surface area contributed by atoms with Crippen molar-refractivity contribution in [3.63, 3.8) is 0 Å². The van der Waals surface area contributed by atoms with Crippen LogP contribution in [-0.4, -0.2) is 0 Å². The molecule has 0 nitrogen and oxygen atoms in total. The molecule has 1 unspecified atom stereocenters. The number of hydrogen-bond acceptors (Lipinski definition) is 0. The van der Waals surface area contributed by atoms with Gasteiger partial charge in [0.15, 0.2) is 0 Å². The normalized spacial score (nSPS) is 40.2. The van der Waals surface area contributed by atoms with Crippen LogP contribution in [0.25, 0.3) is 0 Å². The zero-order chi connectivity index (χ0) is 9.10. The third-order valence-electron chi connectivity index (χ3n) is 4.71. The van der Waals surface area contributed by atoms with Crippen molar-refractivity contribution in [3.05, 3.63) is 11.1 Å². The lowest BCUT2D eigenvalue weighted by Crippen LogP contribution is -2.12. The Morgan fingerprint density at radius 1 is 1.23 bits per heavy atom. The van der Waals surface area contributed by atoms with Gasteiger partial charge in [0.2, 0.25) is 0 Å². The molecule has 0 radical (unpaired) electrons. The Kier molecular flexibility index (Phi) is 1.38. The van der Waals surface area contributed by atoms with Gasteiger partial charge in [0.1, 0.15) is 0 Å². The van der Waals surface area contributed by atoms with E-state index in [1.165, 1.54) is 44.9 Å². The predicted octanol–water partition coefficient (Wildman–Crippen LogP) is 4.07. The van der Waals surface area contributed by atoms with Crippen LogP contribution < -0.4 is 0 Å². The first-order valence-electron chi connectivity index (χ1n) is 5.89. The predicted molar refractivity (Wildman–Crippen MR) is 55.6 cm³/mol. The monoisotopic (exact) mass is 176 g/mol. The quantitative estimate of drug-likeness (QED) is 0.528. The summed E-state index contributed by atoms with van der Waals surface area (Å²) in [5.74, 6) is 0. The summed E-state index contributed by atoms with van der Waals surface area (Å²) in [5, 5.41) is 0. The number of rotatable bonds is 1. The second-order valence-electron chi connectivity index (χ2n) is 5.85. The van der Waals surface area contributed by atoms with E-state index < -0.39 is 0 Å². The van der Waals surface area contributed by atoms with E-state index in [-0.39, 0.29) is 0 Å². The summed E-state index contributed by atoms with van der Waals surface area (Å²) in [6.45, 7) is 4.89. The van der Waals surface area contributed by atoms with Gasteiger partial charge in [-0.1, -0.05) is 25.0 Å². The highest BCUT2D eigenvalue weighted by Crippen LogP contribution is 2.68. The van der Waals surface area contributed by atoms with Crippen LogP contribution in [0.2, 0.25) is 0 Å². The van der Waals surface area contributed by atoms with Gasteiger partial charge < -0.3 is 0 Å². The van der Waals surface area contributed by atoms with Crippen molar-refractivity contribution < 1.29 is 0 Å². The Balaban J connectivity index is 1.97. The molecule has 0 bridgehead atoms. The molecule has 0 aliphatic heterocycles. The highest BCUT2D eigenvalue weighted by molar-refractivity contribution is 5.36. The third kappa shape index (κ3) is 1.11. The van der Waals surface area contributed by atoms with Crippen LogP contribution in [0, 0.1) is 10.8 Å². The zero-order valence-electron chi connectivity index (χ0n) is 8.95. The van der Waals surface area contributed by atoms with Gasteiger partial charge in [0.25, 0.3) is 0 Å². The molecular weight excluding hydrogens is 156 g/mol. The van der Waals surface area contributed by atoms with Gasteiger partial charge in [-0.25, -0.2) is 0 Å². The Labute approximate surface area is 81.4 Å². The van der Waals surface area contributed by atoms with Gasteiger partial charge in [0, 0.05) is 0 Å². The van der Waals surface area contributed by atoms with Crippen molar-refractivity contribution >= 4 is 0 Å². The maximum atomic E-state index is 2.51. The van der Waals surface area contributed by atoms with E-state index in [1.807, 2.05) is 11.1 Å². The molecule has 1 atom stereocenters. The van der Waals surface area contributed by atoms with Crippen LogP contribution in [0.5, 0.6) is 0 Å². The molecule has 72 valence electrons. The topological polar surface area (TPSA) is 0 Å². The molecule has 3 fully saturated rings. The molecule has 0 heteroatoms. The van der Waals surface area contributed by atoms with Gasteiger partial charge in [-0.2, -0.15) is 0 Å². The molecule has 3 aliphatic rings. The molecule has 3 saturated carbocycles. The Morgan fingerprint density at radius 3 is 2.38 bits per heavy atom. The lowest BCUT2D eigenvalue weighted by atomic mass is 9.81. The molecule has 1 spiro atoms. The van der Waals surface area contributed by atoms with Gasteiger partial charge in [0.05, 0.1) is 0 Å². The number of hydrogen-bond donors (Lipinski definition) is 0. The van der Waals surface area contributed by atoms with E-state index in [2.05, 4.69) is 13.8 Å². The average Bonchev–Trinajstić information content (AvgIpc) is 2.95.